The highest BCUT2D eigenvalue weighted by Gasteiger charge is 2.30. The first-order chi connectivity index (χ1) is 16.6. The lowest BCUT2D eigenvalue weighted by molar-refractivity contribution is -0.137. The number of rotatable bonds is 7. The molecular weight excluding hydrogens is 529 g/mol. The van der Waals surface area contributed by atoms with Crippen molar-refractivity contribution in [2.45, 2.75) is 12.8 Å². The van der Waals surface area contributed by atoms with Gasteiger partial charge < -0.3 is 15.2 Å². The van der Waals surface area contributed by atoms with Gasteiger partial charge in [0.05, 0.1) is 15.6 Å². The van der Waals surface area contributed by atoms with Gasteiger partial charge in [0, 0.05) is 5.69 Å². The molecule has 0 spiro atoms. The van der Waals surface area contributed by atoms with E-state index < -0.39 is 23.6 Å². The van der Waals surface area contributed by atoms with Gasteiger partial charge in [-0.1, -0.05) is 24.3 Å². The Kier molecular flexibility index (Phi) is 7.94. The van der Waals surface area contributed by atoms with Crippen LogP contribution in [0.1, 0.15) is 27.0 Å². The Balaban J connectivity index is 1.69. The average molecular weight is 545 g/mol. The van der Waals surface area contributed by atoms with Gasteiger partial charge in [-0.3, -0.25) is 4.79 Å². The van der Waals surface area contributed by atoms with Crippen molar-refractivity contribution in [3.05, 3.63) is 99.0 Å². The summed E-state index contributed by atoms with van der Waals surface area (Å²) < 4.78 is 44.9. The molecule has 0 atom stereocenters. The van der Waals surface area contributed by atoms with E-state index >= 15 is 0 Å². The highest BCUT2D eigenvalue weighted by atomic mass is 79.9. The second-order valence-electron chi connectivity index (χ2n) is 7.18. The minimum Gasteiger partial charge on any atom is -0.488 e. The van der Waals surface area contributed by atoms with Crippen LogP contribution >= 0.6 is 15.9 Å². The Bertz CT molecular complexity index is 1330. The van der Waals surface area contributed by atoms with E-state index in [0.29, 0.717) is 15.8 Å². The van der Waals surface area contributed by atoms with E-state index in [9.17, 15) is 28.0 Å². The summed E-state index contributed by atoms with van der Waals surface area (Å²) in [6.45, 7) is 0.177. The number of halogens is 4. The van der Waals surface area contributed by atoms with Crippen molar-refractivity contribution in [3.63, 3.8) is 0 Å². The summed E-state index contributed by atoms with van der Waals surface area (Å²) in [6, 6.07) is 16.9. The van der Waals surface area contributed by atoms with Crippen LogP contribution in [0.5, 0.6) is 5.75 Å². The van der Waals surface area contributed by atoms with Gasteiger partial charge >= 0.3 is 12.1 Å². The van der Waals surface area contributed by atoms with E-state index in [1.807, 2.05) is 0 Å². The number of hydrogen-bond donors (Lipinski definition) is 2. The standard InChI is InChI=1S/C25H16BrF3N2O4/c26-21-11-16(6-9-22(21)35-14-15-4-7-17(8-5-15)24(33)34)10-18(13-30)23(32)31-20-3-1-2-19(12-20)25(27,28)29/h1-12H,14H2,(H,31,32)(H,33,34)/b18-10+. The molecule has 3 aromatic rings. The zero-order chi connectivity index (χ0) is 25.6. The summed E-state index contributed by atoms with van der Waals surface area (Å²) in [4.78, 5) is 23.4. The van der Waals surface area contributed by atoms with Gasteiger partial charge in [0.15, 0.2) is 0 Å². The van der Waals surface area contributed by atoms with Crippen LogP contribution in [0, 0.1) is 11.3 Å². The molecule has 0 bridgehead atoms. The number of nitrogens with zero attached hydrogens (tertiary/aromatic N) is 1. The Morgan fingerprint density at radius 2 is 1.80 bits per heavy atom. The minimum atomic E-state index is -4.56. The maximum Gasteiger partial charge on any atom is 0.416 e. The molecule has 0 aromatic heterocycles. The molecule has 0 radical (unpaired) electrons. The molecule has 3 aromatic carbocycles. The zero-order valence-electron chi connectivity index (χ0n) is 17.8. The third-order valence-corrected chi connectivity index (χ3v) is 5.29. The summed E-state index contributed by atoms with van der Waals surface area (Å²) in [5.41, 5.74) is 0.0788. The van der Waals surface area contributed by atoms with Crippen LogP contribution in [-0.2, 0) is 17.6 Å². The number of anilines is 1. The lowest BCUT2D eigenvalue weighted by Gasteiger charge is -2.10. The minimum absolute atomic E-state index is 0.0905. The quantitative estimate of drug-likeness (QED) is 0.269. The van der Waals surface area contributed by atoms with E-state index in [4.69, 9.17) is 9.84 Å². The molecule has 0 heterocycles. The molecule has 1 amide bonds. The zero-order valence-corrected chi connectivity index (χ0v) is 19.4. The van der Waals surface area contributed by atoms with E-state index in [-0.39, 0.29) is 23.4 Å². The number of carboxylic acid groups (broad SMARTS) is 1. The van der Waals surface area contributed by atoms with E-state index in [2.05, 4.69) is 21.2 Å². The maximum absolute atomic E-state index is 12.9. The summed E-state index contributed by atoms with van der Waals surface area (Å²) in [6.07, 6.45) is -3.27. The van der Waals surface area contributed by atoms with Crippen LogP contribution in [0.4, 0.5) is 18.9 Å². The van der Waals surface area contributed by atoms with Crippen molar-refractivity contribution in [3.8, 4) is 11.8 Å². The first-order valence-corrected chi connectivity index (χ1v) is 10.7. The predicted octanol–water partition coefficient (Wildman–Crippen LogP) is 6.29. The number of carbonyl (C=O) groups is 2. The lowest BCUT2D eigenvalue weighted by atomic mass is 10.1. The van der Waals surface area contributed by atoms with Gasteiger partial charge in [0.25, 0.3) is 5.91 Å². The fourth-order valence-electron chi connectivity index (χ4n) is 2.92. The number of nitriles is 1. The summed E-state index contributed by atoms with van der Waals surface area (Å²) in [5, 5.41) is 20.6. The molecule has 0 saturated carbocycles. The van der Waals surface area contributed by atoms with Gasteiger partial charge in [-0.15, -0.1) is 0 Å². The number of aromatic carboxylic acids is 1. The molecule has 35 heavy (non-hydrogen) atoms. The van der Waals surface area contributed by atoms with Crippen LogP contribution in [0.2, 0.25) is 0 Å². The van der Waals surface area contributed by atoms with Crippen molar-refractivity contribution < 1.29 is 32.6 Å². The molecule has 0 aliphatic rings. The largest absolute Gasteiger partial charge is 0.488 e. The number of nitrogens with one attached hydrogen (secondary N) is 1. The number of benzene rings is 3. The average Bonchev–Trinajstić information content (AvgIpc) is 2.81. The maximum atomic E-state index is 12.9. The molecule has 0 saturated heterocycles. The molecule has 178 valence electrons. The number of amides is 1. The summed E-state index contributed by atoms with van der Waals surface area (Å²) >= 11 is 3.36. The van der Waals surface area contributed by atoms with Crippen molar-refractivity contribution in [1.82, 2.24) is 0 Å². The van der Waals surface area contributed by atoms with Crippen molar-refractivity contribution in [2.75, 3.05) is 5.32 Å². The Hall–Kier alpha value is -4.10. The lowest BCUT2D eigenvalue weighted by Crippen LogP contribution is -2.14. The van der Waals surface area contributed by atoms with E-state index in [1.54, 1.807) is 36.4 Å². The fraction of sp³-hybridized carbons (Fsp3) is 0.0800. The third-order valence-electron chi connectivity index (χ3n) is 4.68. The number of carboxylic acids is 1. The fourth-order valence-corrected chi connectivity index (χ4v) is 3.43. The number of alkyl halides is 3. The summed E-state index contributed by atoms with van der Waals surface area (Å²) in [7, 11) is 0. The Labute approximate surface area is 206 Å². The highest BCUT2D eigenvalue weighted by Crippen LogP contribution is 2.31. The van der Waals surface area contributed by atoms with Crippen molar-refractivity contribution >= 4 is 39.6 Å². The summed E-state index contributed by atoms with van der Waals surface area (Å²) in [5.74, 6) is -1.41. The monoisotopic (exact) mass is 544 g/mol. The third kappa shape index (κ3) is 6.94. The first-order valence-electron chi connectivity index (χ1n) is 9.92. The number of hydrogen-bond acceptors (Lipinski definition) is 4. The molecule has 0 unspecified atom stereocenters. The van der Waals surface area contributed by atoms with Gasteiger partial charge in [0.1, 0.15) is 24.0 Å². The van der Waals surface area contributed by atoms with Gasteiger partial charge in [-0.2, -0.15) is 18.4 Å². The number of ether oxygens (including phenoxy) is 1. The van der Waals surface area contributed by atoms with Gasteiger partial charge in [-0.05, 0) is 75.6 Å². The molecule has 2 N–H and O–H groups in total. The van der Waals surface area contributed by atoms with Crippen LogP contribution < -0.4 is 10.1 Å². The molecule has 0 aliphatic heterocycles. The van der Waals surface area contributed by atoms with Crippen LogP contribution in [0.3, 0.4) is 0 Å². The molecule has 0 aliphatic carbocycles. The van der Waals surface area contributed by atoms with E-state index in [1.165, 1.54) is 24.3 Å². The van der Waals surface area contributed by atoms with Crippen molar-refractivity contribution in [1.29, 1.82) is 5.26 Å². The smallest absolute Gasteiger partial charge is 0.416 e. The molecule has 6 nitrogen and oxygen atoms in total. The Morgan fingerprint density at radius 3 is 2.40 bits per heavy atom. The SMILES string of the molecule is N#C/C(=C\c1ccc(OCc2ccc(C(=O)O)cc2)c(Br)c1)C(=O)Nc1cccc(C(F)(F)F)c1. The molecular formula is C25H16BrF3N2O4. The predicted molar refractivity (Wildman–Crippen MR) is 126 cm³/mol. The van der Waals surface area contributed by atoms with Crippen LogP contribution in [0.15, 0.2) is 76.8 Å². The number of carbonyl (C=O) groups excluding carboxylic acids is 1. The topological polar surface area (TPSA) is 99.4 Å². The second-order valence-corrected chi connectivity index (χ2v) is 8.04. The van der Waals surface area contributed by atoms with E-state index in [0.717, 1.165) is 23.8 Å². The molecule has 10 heteroatoms. The van der Waals surface area contributed by atoms with Crippen LogP contribution in [0.25, 0.3) is 6.08 Å². The molecule has 0 fully saturated rings. The Morgan fingerprint density at radius 1 is 1.09 bits per heavy atom. The first kappa shape index (κ1) is 25.5. The highest BCUT2D eigenvalue weighted by molar-refractivity contribution is 9.10. The van der Waals surface area contributed by atoms with Crippen LogP contribution in [-0.4, -0.2) is 17.0 Å². The van der Waals surface area contributed by atoms with Gasteiger partial charge in [0.2, 0.25) is 0 Å². The second kappa shape index (κ2) is 10.9. The van der Waals surface area contributed by atoms with Crippen molar-refractivity contribution in [2.24, 2.45) is 0 Å². The van der Waals surface area contributed by atoms with Gasteiger partial charge in [-0.25, -0.2) is 4.79 Å². The molecule has 3 rings (SSSR count). The normalized spacial score (nSPS) is 11.5.